The second-order valence-electron chi connectivity index (χ2n) is 5.52. The van der Waals surface area contributed by atoms with Crippen molar-refractivity contribution in [1.29, 1.82) is 0 Å². The Hall–Kier alpha value is -1.70. The van der Waals surface area contributed by atoms with Crippen LogP contribution in [0.2, 0.25) is 5.02 Å². The molecule has 0 spiro atoms. The molecule has 0 aliphatic carbocycles. The summed E-state index contributed by atoms with van der Waals surface area (Å²) in [5, 5.41) is 6.50. The molecule has 1 amide bonds. The maximum Gasteiger partial charge on any atom is 0.255 e. The number of rotatable bonds is 3. The molecular weight excluding hydrogens is 322 g/mol. The summed E-state index contributed by atoms with van der Waals surface area (Å²) in [7, 11) is 1.63. The summed E-state index contributed by atoms with van der Waals surface area (Å²) in [4.78, 5) is 12.7. The SMILES string of the molecule is CO[C@@H]1CNCC[C@@H]1NC(=O)c1cc(Cl)c(N)c2c1OCCO2. The zero-order valence-corrected chi connectivity index (χ0v) is 13.6. The highest BCUT2D eigenvalue weighted by atomic mass is 35.5. The first kappa shape index (κ1) is 16.2. The maximum absolute atomic E-state index is 12.7. The second-order valence-corrected chi connectivity index (χ2v) is 5.93. The zero-order valence-electron chi connectivity index (χ0n) is 12.9. The Kier molecular flexibility index (Phi) is 4.79. The summed E-state index contributed by atoms with van der Waals surface area (Å²) in [6, 6.07) is 1.44. The van der Waals surface area contributed by atoms with E-state index in [0.29, 0.717) is 36.8 Å². The van der Waals surface area contributed by atoms with Gasteiger partial charge in [0.15, 0.2) is 11.5 Å². The number of carbonyl (C=O) groups excluding carboxylic acids is 1. The Morgan fingerprint density at radius 2 is 2.17 bits per heavy atom. The molecule has 4 N–H and O–H groups in total. The number of hydrogen-bond donors (Lipinski definition) is 3. The molecule has 1 aromatic rings. The van der Waals surface area contributed by atoms with Gasteiger partial charge in [0, 0.05) is 13.7 Å². The van der Waals surface area contributed by atoms with Gasteiger partial charge >= 0.3 is 0 Å². The van der Waals surface area contributed by atoms with E-state index in [1.54, 1.807) is 7.11 Å². The van der Waals surface area contributed by atoms with Crippen LogP contribution in [0.4, 0.5) is 5.69 Å². The van der Waals surface area contributed by atoms with Crippen LogP contribution in [-0.2, 0) is 4.74 Å². The fraction of sp³-hybridized carbons (Fsp3) is 0.533. The normalized spacial score (nSPS) is 23.4. The van der Waals surface area contributed by atoms with Crippen molar-refractivity contribution in [3.63, 3.8) is 0 Å². The Bertz CT molecular complexity index is 611. The van der Waals surface area contributed by atoms with Gasteiger partial charge in [0.25, 0.3) is 5.91 Å². The number of fused-ring (bicyclic) bond motifs is 1. The molecule has 126 valence electrons. The molecule has 0 aromatic heterocycles. The van der Waals surface area contributed by atoms with Crippen LogP contribution in [0.15, 0.2) is 6.07 Å². The first-order valence-electron chi connectivity index (χ1n) is 7.53. The number of halogens is 1. The lowest BCUT2D eigenvalue weighted by atomic mass is 10.0. The van der Waals surface area contributed by atoms with E-state index in [1.165, 1.54) is 6.07 Å². The number of nitrogens with one attached hydrogen (secondary N) is 2. The molecule has 1 aromatic carbocycles. The van der Waals surface area contributed by atoms with E-state index in [4.69, 9.17) is 31.5 Å². The number of piperidine rings is 1. The lowest BCUT2D eigenvalue weighted by Crippen LogP contribution is -2.53. The monoisotopic (exact) mass is 341 g/mol. The van der Waals surface area contributed by atoms with Crippen molar-refractivity contribution in [2.75, 3.05) is 39.1 Å². The van der Waals surface area contributed by atoms with E-state index in [2.05, 4.69) is 10.6 Å². The molecule has 0 bridgehead atoms. The molecule has 2 atom stereocenters. The summed E-state index contributed by atoms with van der Waals surface area (Å²) in [5.74, 6) is 0.406. The number of methoxy groups -OCH3 is 1. The third-order valence-corrected chi connectivity index (χ3v) is 4.40. The molecule has 0 unspecified atom stereocenters. The molecular formula is C15H20ClN3O4. The molecule has 7 nitrogen and oxygen atoms in total. The van der Waals surface area contributed by atoms with Gasteiger partial charge in [-0.1, -0.05) is 11.6 Å². The summed E-state index contributed by atoms with van der Waals surface area (Å²) in [6.07, 6.45) is 0.705. The topological polar surface area (TPSA) is 94.8 Å². The third kappa shape index (κ3) is 3.17. The molecule has 2 aliphatic rings. The van der Waals surface area contributed by atoms with Crippen molar-refractivity contribution >= 4 is 23.2 Å². The third-order valence-electron chi connectivity index (χ3n) is 4.09. The number of anilines is 1. The number of nitrogen functional groups attached to an aromatic ring is 1. The van der Waals surface area contributed by atoms with Crippen LogP contribution in [0.5, 0.6) is 11.5 Å². The average Bonchev–Trinajstić information content (AvgIpc) is 2.58. The molecule has 3 rings (SSSR count). The average molecular weight is 342 g/mol. The summed E-state index contributed by atoms with van der Waals surface area (Å²) < 4.78 is 16.5. The minimum absolute atomic E-state index is 0.0785. The predicted octanol–water partition coefficient (Wildman–Crippen LogP) is 0.800. The van der Waals surface area contributed by atoms with E-state index in [-0.39, 0.29) is 28.8 Å². The fourth-order valence-electron chi connectivity index (χ4n) is 2.85. The van der Waals surface area contributed by atoms with Crippen LogP contribution in [-0.4, -0.2) is 51.5 Å². The zero-order chi connectivity index (χ0) is 16.4. The van der Waals surface area contributed by atoms with Crippen LogP contribution in [0.1, 0.15) is 16.8 Å². The Morgan fingerprint density at radius 3 is 2.91 bits per heavy atom. The van der Waals surface area contributed by atoms with E-state index in [9.17, 15) is 4.79 Å². The van der Waals surface area contributed by atoms with E-state index in [1.807, 2.05) is 0 Å². The van der Waals surface area contributed by atoms with Crippen LogP contribution in [0, 0.1) is 0 Å². The van der Waals surface area contributed by atoms with Gasteiger partial charge in [-0.3, -0.25) is 4.79 Å². The van der Waals surface area contributed by atoms with Gasteiger partial charge in [-0.2, -0.15) is 0 Å². The summed E-state index contributed by atoms with van der Waals surface area (Å²) in [6.45, 7) is 2.26. The van der Waals surface area contributed by atoms with Gasteiger partial charge < -0.3 is 30.6 Å². The van der Waals surface area contributed by atoms with Gasteiger partial charge in [0.05, 0.1) is 28.4 Å². The lowest BCUT2D eigenvalue weighted by molar-refractivity contribution is 0.0474. The van der Waals surface area contributed by atoms with Crippen molar-refractivity contribution in [2.24, 2.45) is 0 Å². The quantitative estimate of drug-likeness (QED) is 0.704. The van der Waals surface area contributed by atoms with Gasteiger partial charge in [0.2, 0.25) is 0 Å². The minimum Gasteiger partial charge on any atom is -0.485 e. The predicted molar refractivity (Wildman–Crippen MR) is 86.4 cm³/mol. The summed E-state index contributed by atoms with van der Waals surface area (Å²) in [5.41, 5.74) is 6.52. The fourth-order valence-corrected chi connectivity index (χ4v) is 3.05. The molecule has 2 aliphatic heterocycles. The molecule has 0 radical (unpaired) electrons. The molecule has 2 heterocycles. The van der Waals surface area contributed by atoms with Gasteiger partial charge in [-0.15, -0.1) is 0 Å². The largest absolute Gasteiger partial charge is 0.485 e. The van der Waals surface area contributed by atoms with E-state index in [0.717, 1.165) is 13.0 Å². The van der Waals surface area contributed by atoms with Gasteiger partial charge in [-0.05, 0) is 19.0 Å². The molecule has 8 heteroatoms. The maximum atomic E-state index is 12.7. The Labute approximate surface area is 139 Å². The first-order chi connectivity index (χ1) is 11.1. The molecule has 1 saturated heterocycles. The van der Waals surface area contributed by atoms with Crippen molar-refractivity contribution in [3.05, 3.63) is 16.7 Å². The van der Waals surface area contributed by atoms with E-state index >= 15 is 0 Å². The number of hydrogen-bond acceptors (Lipinski definition) is 6. The van der Waals surface area contributed by atoms with Gasteiger partial charge in [0.1, 0.15) is 13.2 Å². The van der Waals surface area contributed by atoms with Crippen molar-refractivity contribution in [3.8, 4) is 11.5 Å². The summed E-state index contributed by atoms with van der Waals surface area (Å²) >= 11 is 6.12. The smallest absolute Gasteiger partial charge is 0.255 e. The van der Waals surface area contributed by atoms with E-state index < -0.39 is 0 Å². The number of carbonyl (C=O) groups is 1. The minimum atomic E-state index is -0.275. The Balaban J connectivity index is 1.86. The Morgan fingerprint density at radius 1 is 1.43 bits per heavy atom. The van der Waals surface area contributed by atoms with Crippen LogP contribution in [0.25, 0.3) is 0 Å². The highest BCUT2D eigenvalue weighted by Crippen LogP contribution is 2.43. The molecule has 1 fully saturated rings. The number of benzene rings is 1. The van der Waals surface area contributed by atoms with Crippen molar-refractivity contribution < 1.29 is 19.0 Å². The molecule has 23 heavy (non-hydrogen) atoms. The van der Waals surface area contributed by atoms with Crippen LogP contribution in [0.3, 0.4) is 0 Å². The number of ether oxygens (including phenoxy) is 3. The highest BCUT2D eigenvalue weighted by Gasteiger charge is 2.30. The van der Waals surface area contributed by atoms with Crippen LogP contribution >= 0.6 is 11.6 Å². The van der Waals surface area contributed by atoms with Gasteiger partial charge in [-0.25, -0.2) is 0 Å². The number of amides is 1. The standard InChI is InChI=1S/C15H20ClN3O4/c1-21-11-7-18-3-2-10(11)19-15(20)8-6-9(16)12(17)14-13(8)22-4-5-23-14/h6,10-11,18H,2-5,7,17H2,1H3,(H,19,20)/t10-,11+/m0/s1. The second kappa shape index (κ2) is 6.82. The van der Waals surface area contributed by atoms with Crippen LogP contribution < -0.4 is 25.8 Å². The van der Waals surface area contributed by atoms with Crippen molar-refractivity contribution in [2.45, 2.75) is 18.6 Å². The highest BCUT2D eigenvalue weighted by molar-refractivity contribution is 6.34. The first-order valence-corrected chi connectivity index (χ1v) is 7.91. The number of nitrogens with two attached hydrogens (primary N) is 1. The molecule has 0 saturated carbocycles. The van der Waals surface area contributed by atoms with Crippen molar-refractivity contribution in [1.82, 2.24) is 10.6 Å². The lowest BCUT2D eigenvalue weighted by Gasteiger charge is -2.32.